The molecule has 4 nitrogen and oxygen atoms in total. The van der Waals surface area contributed by atoms with Gasteiger partial charge in [-0.1, -0.05) is 12.1 Å². The van der Waals surface area contributed by atoms with Crippen molar-refractivity contribution in [3.63, 3.8) is 0 Å². The summed E-state index contributed by atoms with van der Waals surface area (Å²) in [4.78, 5) is 2.18. The summed E-state index contributed by atoms with van der Waals surface area (Å²) in [6, 6.07) is 7.27. The predicted octanol–water partition coefficient (Wildman–Crippen LogP) is 1.57. The van der Waals surface area contributed by atoms with Gasteiger partial charge in [-0.25, -0.2) is 8.42 Å². The van der Waals surface area contributed by atoms with Crippen LogP contribution in [-0.2, 0) is 9.84 Å². The van der Waals surface area contributed by atoms with Gasteiger partial charge in [-0.3, -0.25) is 4.90 Å². The highest BCUT2D eigenvalue weighted by molar-refractivity contribution is 7.91. The normalized spacial score (nSPS) is 25.8. The van der Waals surface area contributed by atoms with Crippen LogP contribution in [-0.4, -0.2) is 42.5 Å². The Labute approximate surface area is 108 Å². The van der Waals surface area contributed by atoms with Gasteiger partial charge in [0.25, 0.3) is 0 Å². The fourth-order valence-corrected chi connectivity index (χ4v) is 4.15. The van der Waals surface area contributed by atoms with Crippen LogP contribution in [0.5, 0.6) is 5.75 Å². The molecule has 100 valence electrons. The fourth-order valence-electron chi connectivity index (χ4n) is 2.56. The van der Waals surface area contributed by atoms with Crippen LogP contribution in [0.1, 0.15) is 25.5 Å². The number of sulfone groups is 1. The number of phenols is 1. The highest BCUT2D eigenvalue weighted by Gasteiger charge is 2.31. The summed E-state index contributed by atoms with van der Waals surface area (Å²) in [5, 5.41) is 9.49. The molecule has 1 N–H and O–H groups in total. The van der Waals surface area contributed by atoms with E-state index in [1.54, 1.807) is 12.1 Å². The quantitative estimate of drug-likeness (QED) is 0.885. The molecular weight excluding hydrogens is 250 g/mol. The Kier molecular flexibility index (Phi) is 3.64. The average Bonchev–Trinajstić information content (AvgIpc) is 2.27. The van der Waals surface area contributed by atoms with Crippen molar-refractivity contribution in [2.75, 3.05) is 18.1 Å². The van der Waals surface area contributed by atoms with E-state index in [4.69, 9.17) is 0 Å². The lowest BCUT2D eigenvalue weighted by Gasteiger charge is -2.37. The van der Waals surface area contributed by atoms with Crippen LogP contribution >= 0.6 is 0 Å². The maximum Gasteiger partial charge on any atom is 0.153 e. The smallest absolute Gasteiger partial charge is 0.153 e. The van der Waals surface area contributed by atoms with Gasteiger partial charge in [0.05, 0.1) is 11.5 Å². The summed E-state index contributed by atoms with van der Waals surface area (Å²) in [5.74, 6) is 0.688. The third kappa shape index (κ3) is 2.84. The number of hydrogen-bond acceptors (Lipinski definition) is 4. The summed E-state index contributed by atoms with van der Waals surface area (Å²) >= 11 is 0. The van der Waals surface area contributed by atoms with E-state index in [0.717, 1.165) is 5.56 Å². The molecule has 18 heavy (non-hydrogen) atoms. The zero-order chi connectivity index (χ0) is 13.3. The largest absolute Gasteiger partial charge is 0.508 e. The average molecular weight is 269 g/mol. The molecule has 0 aliphatic carbocycles. The molecule has 0 spiro atoms. The predicted molar refractivity (Wildman–Crippen MR) is 71.3 cm³/mol. The van der Waals surface area contributed by atoms with E-state index in [2.05, 4.69) is 4.90 Å². The highest BCUT2D eigenvalue weighted by atomic mass is 32.2. The maximum absolute atomic E-state index is 11.6. The molecule has 0 aromatic heterocycles. The minimum atomic E-state index is -2.88. The third-order valence-corrected chi connectivity index (χ3v) is 5.37. The Bertz CT molecular complexity index is 527. The molecular formula is C13H19NO3S. The number of phenolic OH excluding ortho intramolecular Hbond substituents is 1. The Hall–Kier alpha value is -1.07. The zero-order valence-electron chi connectivity index (χ0n) is 10.7. The van der Waals surface area contributed by atoms with Crippen molar-refractivity contribution in [3.8, 4) is 5.75 Å². The topological polar surface area (TPSA) is 57.6 Å². The van der Waals surface area contributed by atoms with Gasteiger partial charge in [-0.05, 0) is 31.5 Å². The molecule has 1 aliphatic heterocycles. The molecule has 0 radical (unpaired) electrons. The van der Waals surface area contributed by atoms with Crippen LogP contribution in [0.3, 0.4) is 0 Å². The summed E-state index contributed by atoms with van der Waals surface area (Å²) in [7, 11) is -2.88. The van der Waals surface area contributed by atoms with E-state index in [1.807, 2.05) is 26.0 Å². The lowest BCUT2D eigenvalue weighted by Crippen LogP contribution is -2.47. The van der Waals surface area contributed by atoms with Crippen molar-refractivity contribution in [3.05, 3.63) is 29.8 Å². The van der Waals surface area contributed by atoms with Crippen LogP contribution in [0.25, 0.3) is 0 Å². The molecule has 1 saturated heterocycles. The van der Waals surface area contributed by atoms with Gasteiger partial charge in [0.2, 0.25) is 0 Å². The van der Waals surface area contributed by atoms with Gasteiger partial charge < -0.3 is 5.11 Å². The standard InChI is InChI=1S/C13H19NO3S/c1-10-9-18(16,17)7-6-14(10)11(2)12-4-3-5-13(15)8-12/h3-5,8,10-11,15H,6-7,9H2,1-2H3. The van der Waals surface area contributed by atoms with Crippen LogP contribution < -0.4 is 0 Å². The molecule has 5 heteroatoms. The van der Waals surface area contributed by atoms with Crippen LogP contribution in [0.4, 0.5) is 0 Å². The summed E-state index contributed by atoms with van der Waals surface area (Å²) in [5.41, 5.74) is 1.01. The lowest BCUT2D eigenvalue weighted by atomic mass is 10.1. The van der Waals surface area contributed by atoms with Gasteiger partial charge in [0.15, 0.2) is 9.84 Å². The second-order valence-corrected chi connectivity index (χ2v) is 7.20. The highest BCUT2D eigenvalue weighted by Crippen LogP contribution is 2.27. The van der Waals surface area contributed by atoms with E-state index in [-0.39, 0.29) is 29.3 Å². The minimum Gasteiger partial charge on any atom is -0.508 e. The van der Waals surface area contributed by atoms with Crippen molar-refractivity contribution in [1.29, 1.82) is 0 Å². The Morgan fingerprint density at radius 3 is 2.78 bits per heavy atom. The summed E-state index contributed by atoms with van der Waals surface area (Å²) < 4.78 is 23.1. The van der Waals surface area contributed by atoms with E-state index >= 15 is 0 Å². The first-order valence-electron chi connectivity index (χ1n) is 6.14. The molecule has 0 saturated carbocycles. The number of aromatic hydroxyl groups is 1. The van der Waals surface area contributed by atoms with E-state index in [0.29, 0.717) is 6.54 Å². The van der Waals surface area contributed by atoms with Gasteiger partial charge in [-0.2, -0.15) is 0 Å². The SMILES string of the molecule is CC1CS(=O)(=O)CCN1C(C)c1cccc(O)c1. The Morgan fingerprint density at radius 1 is 1.44 bits per heavy atom. The van der Waals surface area contributed by atoms with Crippen molar-refractivity contribution >= 4 is 9.84 Å². The van der Waals surface area contributed by atoms with Crippen molar-refractivity contribution in [1.82, 2.24) is 4.90 Å². The summed E-state index contributed by atoms with van der Waals surface area (Å²) in [6.45, 7) is 4.54. The number of benzene rings is 1. The van der Waals surface area contributed by atoms with Gasteiger partial charge in [0, 0.05) is 18.6 Å². The minimum absolute atomic E-state index is 0.0149. The molecule has 0 amide bonds. The zero-order valence-corrected chi connectivity index (χ0v) is 11.5. The maximum atomic E-state index is 11.6. The first-order chi connectivity index (χ1) is 8.39. The Morgan fingerprint density at radius 2 is 2.17 bits per heavy atom. The molecule has 1 aromatic carbocycles. The van der Waals surface area contributed by atoms with Crippen LogP contribution in [0.15, 0.2) is 24.3 Å². The molecule has 2 atom stereocenters. The van der Waals surface area contributed by atoms with Gasteiger partial charge in [0.1, 0.15) is 5.75 Å². The molecule has 2 rings (SSSR count). The molecule has 1 aliphatic rings. The second-order valence-electron chi connectivity index (χ2n) is 4.97. The van der Waals surface area contributed by atoms with E-state index < -0.39 is 9.84 Å². The van der Waals surface area contributed by atoms with Gasteiger partial charge in [-0.15, -0.1) is 0 Å². The van der Waals surface area contributed by atoms with Crippen molar-refractivity contribution in [2.24, 2.45) is 0 Å². The third-order valence-electron chi connectivity index (χ3n) is 3.57. The summed E-state index contributed by atoms with van der Waals surface area (Å²) in [6.07, 6.45) is 0. The second kappa shape index (κ2) is 4.90. The fraction of sp³-hybridized carbons (Fsp3) is 0.538. The molecule has 0 bridgehead atoms. The number of hydrogen-bond donors (Lipinski definition) is 1. The first-order valence-corrected chi connectivity index (χ1v) is 7.96. The lowest BCUT2D eigenvalue weighted by molar-refractivity contribution is 0.169. The monoisotopic (exact) mass is 269 g/mol. The Balaban J connectivity index is 2.17. The van der Waals surface area contributed by atoms with Crippen molar-refractivity contribution in [2.45, 2.75) is 25.9 Å². The molecule has 1 heterocycles. The molecule has 2 unspecified atom stereocenters. The van der Waals surface area contributed by atoms with Gasteiger partial charge >= 0.3 is 0 Å². The van der Waals surface area contributed by atoms with Crippen LogP contribution in [0.2, 0.25) is 0 Å². The number of nitrogens with zero attached hydrogens (tertiary/aromatic N) is 1. The molecule has 1 fully saturated rings. The van der Waals surface area contributed by atoms with Crippen molar-refractivity contribution < 1.29 is 13.5 Å². The molecule has 1 aromatic rings. The number of rotatable bonds is 2. The first kappa shape index (κ1) is 13.4. The van der Waals surface area contributed by atoms with E-state index in [1.165, 1.54) is 0 Å². The van der Waals surface area contributed by atoms with E-state index in [9.17, 15) is 13.5 Å². The van der Waals surface area contributed by atoms with Crippen LogP contribution in [0, 0.1) is 0 Å².